The van der Waals surface area contributed by atoms with Crippen molar-refractivity contribution in [1.29, 1.82) is 0 Å². The Morgan fingerprint density at radius 3 is 2.62 bits per heavy atom. The van der Waals surface area contributed by atoms with E-state index in [9.17, 15) is 0 Å². The summed E-state index contributed by atoms with van der Waals surface area (Å²) in [7, 11) is 0. The first-order valence-corrected chi connectivity index (χ1v) is 4.23. The Morgan fingerprint density at radius 1 is 1.38 bits per heavy atom. The standard InChI is InChI=1S/C11H14N2/c1-11(2,3)7-6-9-5-4-8-13-10(9)12/h4-5,8H,1-3H3,(H2,12,13). The van der Waals surface area contributed by atoms with Crippen molar-refractivity contribution in [2.45, 2.75) is 20.8 Å². The molecule has 2 N–H and O–H groups in total. The number of pyridine rings is 1. The predicted octanol–water partition coefficient (Wildman–Crippen LogP) is 2.06. The molecule has 68 valence electrons. The van der Waals surface area contributed by atoms with Gasteiger partial charge in [-0.15, -0.1) is 0 Å². The summed E-state index contributed by atoms with van der Waals surface area (Å²) in [6.07, 6.45) is 1.66. The van der Waals surface area contributed by atoms with Gasteiger partial charge < -0.3 is 5.73 Å². The fraction of sp³-hybridized carbons (Fsp3) is 0.364. The largest absolute Gasteiger partial charge is 0.383 e. The number of hydrogen-bond donors (Lipinski definition) is 1. The fourth-order valence-corrected chi connectivity index (χ4v) is 0.778. The van der Waals surface area contributed by atoms with E-state index in [1.54, 1.807) is 6.20 Å². The highest BCUT2D eigenvalue weighted by molar-refractivity contribution is 5.50. The first kappa shape index (κ1) is 9.60. The molecule has 0 aliphatic carbocycles. The third kappa shape index (κ3) is 3.16. The van der Waals surface area contributed by atoms with E-state index in [4.69, 9.17) is 5.73 Å². The third-order valence-corrected chi connectivity index (χ3v) is 1.41. The van der Waals surface area contributed by atoms with Gasteiger partial charge in [0.15, 0.2) is 0 Å². The Balaban J connectivity index is 2.97. The zero-order chi connectivity index (χ0) is 9.90. The van der Waals surface area contributed by atoms with Gasteiger partial charge >= 0.3 is 0 Å². The Bertz CT molecular complexity index is 350. The number of anilines is 1. The summed E-state index contributed by atoms with van der Waals surface area (Å²) >= 11 is 0. The SMILES string of the molecule is CC(C)(C)C#Cc1cccnc1N. The molecule has 0 aromatic carbocycles. The summed E-state index contributed by atoms with van der Waals surface area (Å²) in [5.41, 5.74) is 6.44. The summed E-state index contributed by atoms with van der Waals surface area (Å²) < 4.78 is 0. The molecule has 0 aliphatic rings. The highest BCUT2D eigenvalue weighted by Crippen LogP contribution is 2.12. The summed E-state index contributed by atoms with van der Waals surface area (Å²) in [5, 5.41) is 0. The number of hydrogen-bond acceptors (Lipinski definition) is 2. The molecule has 1 rings (SSSR count). The predicted molar refractivity (Wildman–Crippen MR) is 55.0 cm³/mol. The van der Waals surface area contributed by atoms with E-state index in [1.807, 2.05) is 12.1 Å². The van der Waals surface area contributed by atoms with Crippen LogP contribution in [0.3, 0.4) is 0 Å². The minimum Gasteiger partial charge on any atom is -0.383 e. The molecular formula is C11H14N2. The molecule has 13 heavy (non-hydrogen) atoms. The molecule has 0 radical (unpaired) electrons. The first-order chi connectivity index (χ1) is 5.99. The van der Waals surface area contributed by atoms with Crippen LogP contribution in [-0.2, 0) is 0 Å². The molecule has 1 aromatic heterocycles. The van der Waals surface area contributed by atoms with Crippen molar-refractivity contribution in [1.82, 2.24) is 4.98 Å². The van der Waals surface area contributed by atoms with Gasteiger partial charge in [0, 0.05) is 11.6 Å². The average molecular weight is 174 g/mol. The van der Waals surface area contributed by atoms with Crippen molar-refractivity contribution >= 4 is 5.82 Å². The lowest BCUT2D eigenvalue weighted by Gasteiger charge is -2.06. The summed E-state index contributed by atoms with van der Waals surface area (Å²) in [6.45, 7) is 6.19. The van der Waals surface area contributed by atoms with E-state index < -0.39 is 0 Å². The van der Waals surface area contributed by atoms with Crippen LogP contribution in [0.1, 0.15) is 26.3 Å². The van der Waals surface area contributed by atoms with Gasteiger partial charge in [-0.1, -0.05) is 11.8 Å². The van der Waals surface area contributed by atoms with Gasteiger partial charge in [0.05, 0.1) is 5.56 Å². The molecule has 0 spiro atoms. The Labute approximate surface area is 79.2 Å². The molecule has 0 aliphatic heterocycles. The van der Waals surface area contributed by atoms with Crippen molar-refractivity contribution < 1.29 is 0 Å². The number of aromatic nitrogens is 1. The van der Waals surface area contributed by atoms with E-state index in [0.29, 0.717) is 5.82 Å². The maximum Gasteiger partial charge on any atom is 0.139 e. The highest BCUT2D eigenvalue weighted by atomic mass is 14.8. The molecule has 0 bridgehead atoms. The van der Waals surface area contributed by atoms with Gasteiger partial charge in [0.1, 0.15) is 5.82 Å². The topological polar surface area (TPSA) is 38.9 Å². The molecule has 2 heteroatoms. The second-order valence-corrected chi connectivity index (χ2v) is 3.94. The number of nitrogen functional groups attached to an aromatic ring is 1. The second-order valence-electron chi connectivity index (χ2n) is 3.94. The van der Waals surface area contributed by atoms with Crippen LogP contribution in [0.5, 0.6) is 0 Å². The summed E-state index contributed by atoms with van der Waals surface area (Å²) in [5.74, 6) is 6.62. The van der Waals surface area contributed by atoms with Crippen LogP contribution < -0.4 is 5.73 Å². The maximum atomic E-state index is 5.64. The smallest absolute Gasteiger partial charge is 0.139 e. The lowest BCUT2D eigenvalue weighted by atomic mass is 9.97. The van der Waals surface area contributed by atoms with Gasteiger partial charge in [-0.25, -0.2) is 4.98 Å². The quantitative estimate of drug-likeness (QED) is 0.611. The zero-order valence-corrected chi connectivity index (χ0v) is 8.26. The fourth-order valence-electron chi connectivity index (χ4n) is 0.778. The summed E-state index contributed by atoms with van der Waals surface area (Å²) in [4.78, 5) is 3.96. The van der Waals surface area contributed by atoms with Crippen LogP contribution in [0.15, 0.2) is 18.3 Å². The number of nitrogens with zero attached hydrogens (tertiary/aromatic N) is 1. The van der Waals surface area contributed by atoms with Crippen LogP contribution in [0.2, 0.25) is 0 Å². The van der Waals surface area contributed by atoms with Crippen molar-refractivity contribution in [2.24, 2.45) is 5.41 Å². The summed E-state index contributed by atoms with van der Waals surface area (Å²) in [6, 6.07) is 3.71. The Hall–Kier alpha value is -1.49. The van der Waals surface area contributed by atoms with Crippen LogP contribution in [0.25, 0.3) is 0 Å². The van der Waals surface area contributed by atoms with Crippen LogP contribution in [-0.4, -0.2) is 4.98 Å². The van der Waals surface area contributed by atoms with Gasteiger partial charge in [0.2, 0.25) is 0 Å². The molecule has 2 nitrogen and oxygen atoms in total. The molecule has 0 unspecified atom stereocenters. The minimum atomic E-state index is 0.00226. The van der Waals surface area contributed by atoms with E-state index in [-0.39, 0.29) is 5.41 Å². The Morgan fingerprint density at radius 2 is 2.08 bits per heavy atom. The number of rotatable bonds is 0. The molecule has 0 fully saturated rings. The van der Waals surface area contributed by atoms with E-state index >= 15 is 0 Å². The highest BCUT2D eigenvalue weighted by Gasteiger charge is 2.03. The number of nitrogens with two attached hydrogens (primary N) is 1. The molecule has 1 heterocycles. The van der Waals surface area contributed by atoms with Crippen LogP contribution in [0.4, 0.5) is 5.82 Å². The van der Waals surface area contributed by atoms with Crippen molar-refractivity contribution in [3.8, 4) is 11.8 Å². The van der Waals surface area contributed by atoms with E-state index in [1.165, 1.54) is 0 Å². The molecule has 0 saturated carbocycles. The molecule has 0 atom stereocenters. The molecule has 0 amide bonds. The first-order valence-electron chi connectivity index (χ1n) is 4.23. The van der Waals surface area contributed by atoms with E-state index in [0.717, 1.165) is 5.56 Å². The molecule has 0 saturated heterocycles. The third-order valence-electron chi connectivity index (χ3n) is 1.41. The van der Waals surface area contributed by atoms with Crippen LogP contribution >= 0.6 is 0 Å². The maximum absolute atomic E-state index is 5.64. The van der Waals surface area contributed by atoms with Crippen molar-refractivity contribution in [3.63, 3.8) is 0 Å². The van der Waals surface area contributed by atoms with E-state index in [2.05, 4.69) is 37.6 Å². The minimum absolute atomic E-state index is 0.00226. The van der Waals surface area contributed by atoms with Crippen molar-refractivity contribution in [3.05, 3.63) is 23.9 Å². The molecule has 1 aromatic rings. The monoisotopic (exact) mass is 174 g/mol. The van der Waals surface area contributed by atoms with Gasteiger partial charge in [-0.05, 0) is 32.9 Å². The second kappa shape index (κ2) is 3.49. The average Bonchev–Trinajstić information content (AvgIpc) is 2.01. The Kier molecular flexibility index (Phi) is 2.57. The van der Waals surface area contributed by atoms with Crippen LogP contribution in [0, 0.1) is 17.3 Å². The zero-order valence-electron chi connectivity index (χ0n) is 8.26. The normalized spacial score (nSPS) is 10.4. The lowest BCUT2D eigenvalue weighted by Crippen LogP contribution is -2.00. The molecular weight excluding hydrogens is 160 g/mol. The van der Waals surface area contributed by atoms with Gasteiger partial charge in [-0.3, -0.25) is 0 Å². The lowest BCUT2D eigenvalue weighted by molar-refractivity contribution is 0.571. The van der Waals surface area contributed by atoms with Gasteiger partial charge in [0.25, 0.3) is 0 Å². The van der Waals surface area contributed by atoms with Gasteiger partial charge in [-0.2, -0.15) is 0 Å². The van der Waals surface area contributed by atoms with Crippen molar-refractivity contribution in [2.75, 3.05) is 5.73 Å².